The first-order valence-electron chi connectivity index (χ1n) is 10.2. The van der Waals surface area contributed by atoms with E-state index >= 15 is 0 Å². The van der Waals surface area contributed by atoms with Crippen LogP contribution in [-0.4, -0.2) is 52.8 Å². The van der Waals surface area contributed by atoms with Crippen molar-refractivity contribution in [1.82, 2.24) is 19.9 Å². The lowest BCUT2D eigenvalue weighted by atomic mass is 10.1. The number of anilines is 3. The summed E-state index contributed by atoms with van der Waals surface area (Å²) in [6.07, 6.45) is 0.206. The van der Waals surface area contributed by atoms with Crippen molar-refractivity contribution in [2.24, 2.45) is 0 Å². The Morgan fingerprint density at radius 2 is 2.06 bits per heavy atom. The molecule has 3 heterocycles. The maximum atomic E-state index is 12.7. The summed E-state index contributed by atoms with van der Waals surface area (Å²) in [6, 6.07) is 6.49. The van der Waals surface area contributed by atoms with Gasteiger partial charge in [0, 0.05) is 35.6 Å². The second kappa shape index (κ2) is 8.62. The number of H-pyrrole nitrogens is 1. The number of aromatic nitrogens is 4. The van der Waals surface area contributed by atoms with Gasteiger partial charge in [-0.2, -0.15) is 15.0 Å². The van der Waals surface area contributed by atoms with Crippen LogP contribution in [0.4, 0.5) is 22.6 Å². The Balaban J connectivity index is 1.70. The normalized spacial score (nSPS) is 16.8. The highest BCUT2D eigenvalue weighted by atomic mass is 35.5. The van der Waals surface area contributed by atoms with Crippen LogP contribution >= 0.6 is 11.6 Å². The molecule has 0 bridgehead atoms. The third-order valence-electron chi connectivity index (χ3n) is 5.31. The van der Waals surface area contributed by atoms with Crippen LogP contribution < -0.4 is 20.7 Å². The SMILES string of the molecule is CC[C@H]1COC(=O)N1c1nc(N[C@@H](C)c2cc3cc(Cl)ccc3[nH]c2=O)nc(N(C)C)n1. The van der Waals surface area contributed by atoms with Crippen LogP contribution in [0, 0.1) is 0 Å². The minimum Gasteiger partial charge on any atom is -0.447 e. The van der Waals surface area contributed by atoms with Gasteiger partial charge >= 0.3 is 6.09 Å². The number of fused-ring (bicyclic) bond motifs is 1. The number of carbonyl (C=O) groups excluding carboxylic acids is 1. The van der Waals surface area contributed by atoms with Crippen LogP contribution in [0.1, 0.15) is 31.9 Å². The molecule has 0 radical (unpaired) electrons. The molecule has 1 aromatic carbocycles. The number of hydrogen-bond acceptors (Lipinski definition) is 8. The molecule has 0 spiro atoms. The molecule has 11 heteroatoms. The number of nitrogens with zero attached hydrogens (tertiary/aromatic N) is 5. The average Bonchev–Trinajstić information content (AvgIpc) is 3.13. The molecule has 0 unspecified atom stereocenters. The van der Waals surface area contributed by atoms with E-state index in [1.165, 1.54) is 4.90 Å². The first-order chi connectivity index (χ1) is 15.3. The molecule has 168 valence electrons. The highest BCUT2D eigenvalue weighted by molar-refractivity contribution is 6.31. The molecule has 1 fully saturated rings. The number of nitrogens with one attached hydrogen (secondary N) is 2. The van der Waals surface area contributed by atoms with Crippen LogP contribution in [0.5, 0.6) is 0 Å². The third kappa shape index (κ3) is 4.18. The quantitative estimate of drug-likeness (QED) is 0.578. The highest BCUT2D eigenvalue weighted by Gasteiger charge is 2.35. The summed E-state index contributed by atoms with van der Waals surface area (Å²) in [5.74, 6) is 0.816. The molecular formula is C21H24ClN7O3. The zero-order valence-corrected chi connectivity index (χ0v) is 19.0. The van der Waals surface area contributed by atoms with E-state index in [0.29, 0.717) is 28.5 Å². The molecule has 1 aliphatic heterocycles. The van der Waals surface area contributed by atoms with E-state index in [0.717, 1.165) is 5.39 Å². The minimum atomic E-state index is -0.491. The molecule has 2 aromatic heterocycles. The molecule has 32 heavy (non-hydrogen) atoms. The van der Waals surface area contributed by atoms with Crippen LogP contribution in [-0.2, 0) is 4.74 Å². The number of halogens is 1. The van der Waals surface area contributed by atoms with Crippen LogP contribution in [0.3, 0.4) is 0 Å². The molecule has 3 aromatic rings. The molecule has 0 saturated carbocycles. The van der Waals surface area contributed by atoms with Crippen molar-refractivity contribution in [3.05, 3.63) is 45.2 Å². The van der Waals surface area contributed by atoms with E-state index in [4.69, 9.17) is 16.3 Å². The lowest BCUT2D eigenvalue weighted by Crippen LogP contribution is -2.35. The summed E-state index contributed by atoms with van der Waals surface area (Å²) in [5, 5.41) is 4.56. The Bertz CT molecular complexity index is 1230. The van der Waals surface area contributed by atoms with E-state index in [1.807, 2.05) is 13.8 Å². The van der Waals surface area contributed by atoms with Gasteiger partial charge in [-0.25, -0.2) is 9.69 Å². The molecule has 2 N–H and O–H groups in total. The monoisotopic (exact) mass is 457 g/mol. The van der Waals surface area contributed by atoms with Crippen LogP contribution in [0.25, 0.3) is 10.9 Å². The molecule has 4 rings (SSSR count). The lowest BCUT2D eigenvalue weighted by molar-refractivity contribution is 0.178. The lowest BCUT2D eigenvalue weighted by Gasteiger charge is -2.21. The van der Waals surface area contributed by atoms with Crippen molar-refractivity contribution in [3.63, 3.8) is 0 Å². The Morgan fingerprint density at radius 1 is 1.28 bits per heavy atom. The average molecular weight is 458 g/mol. The number of ether oxygens (including phenoxy) is 1. The largest absolute Gasteiger partial charge is 0.447 e. The standard InChI is InChI=1S/C21H24ClN7O3/c1-5-14-10-32-21(31)29(14)20-26-18(25-19(27-20)28(3)4)23-11(2)15-9-12-8-13(22)6-7-16(12)24-17(15)30/h6-9,11,14H,5,10H2,1-4H3,(H,24,30)(H,23,25,26,27)/t11-,14-/m0/s1. The number of cyclic esters (lactones) is 1. The Labute approximate surface area is 189 Å². The van der Waals surface area contributed by atoms with Gasteiger partial charge in [0.15, 0.2) is 0 Å². The predicted molar refractivity (Wildman–Crippen MR) is 124 cm³/mol. The van der Waals surface area contributed by atoms with Gasteiger partial charge in [-0.3, -0.25) is 4.79 Å². The second-order valence-corrected chi connectivity index (χ2v) is 8.25. The second-order valence-electron chi connectivity index (χ2n) is 7.81. The van der Waals surface area contributed by atoms with Crippen LogP contribution in [0.2, 0.25) is 5.02 Å². The van der Waals surface area contributed by atoms with Gasteiger partial charge in [0.05, 0.1) is 12.1 Å². The van der Waals surface area contributed by atoms with Gasteiger partial charge in [0.2, 0.25) is 17.8 Å². The van der Waals surface area contributed by atoms with E-state index in [1.54, 1.807) is 43.3 Å². The van der Waals surface area contributed by atoms with E-state index < -0.39 is 12.1 Å². The maximum Gasteiger partial charge on any atom is 0.417 e. The van der Waals surface area contributed by atoms with Crippen molar-refractivity contribution in [2.45, 2.75) is 32.4 Å². The molecular weight excluding hydrogens is 434 g/mol. The van der Waals surface area contributed by atoms with Crippen molar-refractivity contribution < 1.29 is 9.53 Å². The number of pyridine rings is 1. The zero-order chi connectivity index (χ0) is 23.0. The summed E-state index contributed by atoms with van der Waals surface area (Å²) in [5.41, 5.74) is 0.974. The number of benzene rings is 1. The van der Waals surface area contributed by atoms with Crippen molar-refractivity contribution >= 4 is 46.4 Å². The van der Waals surface area contributed by atoms with E-state index in [9.17, 15) is 9.59 Å². The molecule has 2 atom stereocenters. The van der Waals surface area contributed by atoms with E-state index in [-0.39, 0.29) is 30.1 Å². The summed E-state index contributed by atoms with van der Waals surface area (Å²) in [4.78, 5) is 44.3. The Hall–Kier alpha value is -3.40. The predicted octanol–water partition coefficient (Wildman–Crippen LogP) is 3.34. The van der Waals surface area contributed by atoms with Crippen LogP contribution in [0.15, 0.2) is 29.1 Å². The zero-order valence-electron chi connectivity index (χ0n) is 18.2. The fourth-order valence-electron chi connectivity index (χ4n) is 3.52. The molecule has 10 nitrogen and oxygen atoms in total. The molecule has 0 aliphatic carbocycles. The highest BCUT2D eigenvalue weighted by Crippen LogP contribution is 2.26. The number of hydrogen-bond donors (Lipinski definition) is 2. The molecule has 1 saturated heterocycles. The summed E-state index contributed by atoms with van der Waals surface area (Å²) >= 11 is 6.10. The van der Waals surface area contributed by atoms with Gasteiger partial charge in [-0.05, 0) is 37.6 Å². The van der Waals surface area contributed by atoms with Crippen molar-refractivity contribution in [1.29, 1.82) is 0 Å². The summed E-state index contributed by atoms with van der Waals surface area (Å²) < 4.78 is 5.18. The topological polar surface area (TPSA) is 116 Å². The molecule has 1 aliphatic rings. The number of amides is 1. The number of rotatable bonds is 6. The van der Waals surface area contributed by atoms with Crippen molar-refractivity contribution in [3.8, 4) is 0 Å². The van der Waals surface area contributed by atoms with Gasteiger partial charge in [0.1, 0.15) is 6.61 Å². The molecule has 1 amide bonds. The number of carbonyl (C=O) groups is 1. The Morgan fingerprint density at radius 3 is 2.78 bits per heavy atom. The number of aromatic amines is 1. The van der Waals surface area contributed by atoms with Gasteiger partial charge in [-0.15, -0.1) is 0 Å². The summed E-state index contributed by atoms with van der Waals surface area (Å²) in [7, 11) is 3.59. The van der Waals surface area contributed by atoms with Crippen molar-refractivity contribution in [2.75, 3.05) is 35.8 Å². The van der Waals surface area contributed by atoms with Gasteiger partial charge in [-0.1, -0.05) is 18.5 Å². The Kier molecular flexibility index (Phi) is 5.88. The summed E-state index contributed by atoms with van der Waals surface area (Å²) in [6.45, 7) is 4.08. The smallest absolute Gasteiger partial charge is 0.417 e. The third-order valence-corrected chi connectivity index (χ3v) is 5.54. The fourth-order valence-corrected chi connectivity index (χ4v) is 3.70. The fraction of sp³-hybridized carbons (Fsp3) is 0.381. The van der Waals surface area contributed by atoms with Gasteiger partial charge in [0.25, 0.3) is 5.56 Å². The van der Waals surface area contributed by atoms with E-state index in [2.05, 4.69) is 25.3 Å². The maximum absolute atomic E-state index is 12.7. The first-order valence-corrected chi connectivity index (χ1v) is 10.6. The minimum absolute atomic E-state index is 0.154. The van der Waals surface area contributed by atoms with Gasteiger partial charge < -0.3 is 19.9 Å². The first kappa shape index (κ1) is 21.8.